The van der Waals surface area contributed by atoms with Crippen molar-refractivity contribution in [1.29, 1.82) is 0 Å². The maximum absolute atomic E-state index is 12.0. The molecule has 100 valence electrons. The zero-order valence-corrected chi connectivity index (χ0v) is 11.4. The minimum absolute atomic E-state index is 0.128. The summed E-state index contributed by atoms with van der Waals surface area (Å²) in [4.78, 5) is 10.7. The number of halogens is 1. The first-order valence-electron chi connectivity index (χ1n) is 4.93. The first-order valence-corrected chi connectivity index (χ1v) is 6.79. The van der Waals surface area contributed by atoms with Crippen LogP contribution in [0.2, 0.25) is 5.02 Å². The zero-order chi connectivity index (χ0) is 13.9. The Morgan fingerprint density at radius 3 is 2.61 bits per heavy atom. The van der Waals surface area contributed by atoms with E-state index in [1.807, 2.05) is 0 Å². The molecule has 1 aromatic rings. The Morgan fingerprint density at radius 1 is 1.50 bits per heavy atom. The minimum Gasteiger partial charge on any atom is -0.495 e. The second-order valence-electron chi connectivity index (χ2n) is 3.54. The molecule has 0 aromatic heterocycles. The lowest BCUT2D eigenvalue weighted by Crippen LogP contribution is -2.42. The molecule has 0 saturated heterocycles. The molecule has 0 saturated carbocycles. The van der Waals surface area contributed by atoms with Crippen LogP contribution in [0.4, 0.5) is 0 Å². The largest absolute Gasteiger partial charge is 0.495 e. The number of nitrogens with two attached hydrogens (primary N) is 1. The van der Waals surface area contributed by atoms with E-state index in [4.69, 9.17) is 22.1 Å². The number of rotatable bonds is 5. The molecule has 0 aliphatic carbocycles. The fraction of sp³-hybridized carbons (Fsp3) is 0.300. The van der Waals surface area contributed by atoms with Gasteiger partial charge in [0.15, 0.2) is 0 Å². The normalized spacial score (nSPS) is 13.1. The van der Waals surface area contributed by atoms with Crippen molar-refractivity contribution in [3.63, 3.8) is 0 Å². The molecular weight excluding hydrogens is 280 g/mol. The first kappa shape index (κ1) is 14.7. The van der Waals surface area contributed by atoms with Gasteiger partial charge < -0.3 is 10.5 Å². The van der Waals surface area contributed by atoms with Crippen LogP contribution >= 0.6 is 11.6 Å². The van der Waals surface area contributed by atoms with Crippen LogP contribution in [0.25, 0.3) is 0 Å². The summed E-state index contributed by atoms with van der Waals surface area (Å²) < 4.78 is 31.1. The molecule has 0 bridgehead atoms. The lowest BCUT2D eigenvalue weighted by molar-refractivity contribution is -0.119. The standard InChI is InChI=1S/C10H13ClN2O4S/c1-6(10(12)14)13-18(15,16)9-5-7(11)3-4-8(9)17-2/h3-6,13H,1-2H3,(H2,12,14)/t6-/m0/s1. The van der Waals surface area contributed by atoms with Gasteiger partial charge in [0.1, 0.15) is 10.6 Å². The van der Waals surface area contributed by atoms with Gasteiger partial charge in [0, 0.05) is 5.02 Å². The van der Waals surface area contributed by atoms with E-state index >= 15 is 0 Å². The monoisotopic (exact) mass is 292 g/mol. The highest BCUT2D eigenvalue weighted by molar-refractivity contribution is 7.89. The highest BCUT2D eigenvalue weighted by Crippen LogP contribution is 2.26. The molecule has 0 aliphatic heterocycles. The van der Waals surface area contributed by atoms with Crippen molar-refractivity contribution < 1.29 is 17.9 Å². The van der Waals surface area contributed by atoms with Gasteiger partial charge >= 0.3 is 0 Å². The predicted molar refractivity (Wildman–Crippen MR) is 67.0 cm³/mol. The van der Waals surface area contributed by atoms with Crippen LogP contribution in [0.3, 0.4) is 0 Å². The minimum atomic E-state index is -3.93. The van der Waals surface area contributed by atoms with E-state index < -0.39 is 22.0 Å². The Kier molecular flexibility index (Phi) is 4.55. The maximum Gasteiger partial charge on any atom is 0.245 e. The smallest absolute Gasteiger partial charge is 0.245 e. The van der Waals surface area contributed by atoms with E-state index in [2.05, 4.69) is 4.72 Å². The third-order valence-corrected chi connectivity index (χ3v) is 3.97. The van der Waals surface area contributed by atoms with Gasteiger partial charge in [0.05, 0.1) is 13.2 Å². The lowest BCUT2D eigenvalue weighted by Gasteiger charge is -2.13. The molecule has 1 aromatic carbocycles. The summed E-state index contributed by atoms with van der Waals surface area (Å²) in [5.74, 6) is -0.650. The number of primary amides is 1. The van der Waals surface area contributed by atoms with Crippen molar-refractivity contribution in [1.82, 2.24) is 4.72 Å². The number of hydrogen-bond donors (Lipinski definition) is 2. The average molecular weight is 293 g/mol. The van der Waals surface area contributed by atoms with Crippen LogP contribution < -0.4 is 15.2 Å². The van der Waals surface area contributed by atoms with Crippen LogP contribution in [-0.2, 0) is 14.8 Å². The van der Waals surface area contributed by atoms with Crippen LogP contribution in [0.15, 0.2) is 23.1 Å². The summed E-state index contributed by atoms with van der Waals surface area (Å²) >= 11 is 5.74. The van der Waals surface area contributed by atoms with Gasteiger partial charge in [-0.1, -0.05) is 11.6 Å². The molecular formula is C10H13ClN2O4S. The summed E-state index contributed by atoms with van der Waals surface area (Å²) in [6.45, 7) is 1.34. The Morgan fingerprint density at radius 2 is 2.11 bits per heavy atom. The van der Waals surface area contributed by atoms with Gasteiger partial charge in [-0.05, 0) is 25.1 Å². The number of amides is 1. The van der Waals surface area contributed by atoms with E-state index in [1.54, 1.807) is 0 Å². The Bertz CT molecular complexity index is 559. The number of carbonyl (C=O) groups excluding carboxylic acids is 1. The molecule has 0 spiro atoms. The van der Waals surface area contributed by atoms with Gasteiger partial charge in [-0.3, -0.25) is 4.79 Å². The Balaban J connectivity index is 3.19. The molecule has 6 nitrogen and oxygen atoms in total. The molecule has 0 unspecified atom stereocenters. The van der Waals surface area contributed by atoms with Crippen LogP contribution in [0.5, 0.6) is 5.75 Å². The third kappa shape index (κ3) is 3.34. The van der Waals surface area contributed by atoms with E-state index in [9.17, 15) is 13.2 Å². The third-order valence-electron chi connectivity index (χ3n) is 2.17. The SMILES string of the molecule is COc1ccc(Cl)cc1S(=O)(=O)N[C@@H](C)C(N)=O. The number of benzene rings is 1. The molecule has 0 heterocycles. The molecule has 0 fully saturated rings. The summed E-state index contributed by atoms with van der Waals surface area (Å²) in [5, 5.41) is 0.239. The fourth-order valence-electron chi connectivity index (χ4n) is 1.21. The van der Waals surface area contributed by atoms with Gasteiger partial charge in [0.2, 0.25) is 15.9 Å². The quantitative estimate of drug-likeness (QED) is 0.825. The highest BCUT2D eigenvalue weighted by Gasteiger charge is 2.24. The van der Waals surface area contributed by atoms with Crippen LogP contribution in [0, 0.1) is 0 Å². The summed E-state index contributed by atoms with van der Waals surface area (Å²) in [6.07, 6.45) is 0. The van der Waals surface area contributed by atoms with E-state index in [0.29, 0.717) is 0 Å². The number of ether oxygens (including phenoxy) is 1. The molecule has 18 heavy (non-hydrogen) atoms. The molecule has 8 heteroatoms. The average Bonchev–Trinajstić information content (AvgIpc) is 2.28. The molecule has 1 amide bonds. The van der Waals surface area contributed by atoms with Gasteiger partial charge in [0.25, 0.3) is 0 Å². The van der Waals surface area contributed by atoms with Crippen molar-refractivity contribution in [2.75, 3.05) is 7.11 Å². The number of methoxy groups -OCH3 is 1. The van der Waals surface area contributed by atoms with Crippen molar-refractivity contribution in [3.05, 3.63) is 23.2 Å². The van der Waals surface area contributed by atoms with Gasteiger partial charge in [-0.15, -0.1) is 0 Å². The number of carbonyl (C=O) groups is 1. The molecule has 3 N–H and O–H groups in total. The second kappa shape index (κ2) is 5.55. The highest BCUT2D eigenvalue weighted by atomic mass is 35.5. The predicted octanol–water partition coefficient (Wildman–Crippen LogP) is 0.501. The van der Waals surface area contributed by atoms with Crippen LogP contribution in [0.1, 0.15) is 6.92 Å². The number of hydrogen-bond acceptors (Lipinski definition) is 4. The Labute approximate surface area is 110 Å². The van der Waals surface area contributed by atoms with E-state index in [-0.39, 0.29) is 15.7 Å². The fourth-order valence-corrected chi connectivity index (χ4v) is 2.86. The van der Waals surface area contributed by atoms with Crippen molar-refractivity contribution in [3.8, 4) is 5.75 Å². The van der Waals surface area contributed by atoms with E-state index in [1.165, 1.54) is 32.2 Å². The van der Waals surface area contributed by atoms with Gasteiger partial charge in [-0.25, -0.2) is 8.42 Å². The Hall–Kier alpha value is -1.31. The van der Waals surface area contributed by atoms with Crippen molar-refractivity contribution in [2.45, 2.75) is 17.9 Å². The summed E-state index contributed by atoms with van der Waals surface area (Å²) in [6, 6.07) is 3.12. The van der Waals surface area contributed by atoms with E-state index in [0.717, 1.165) is 0 Å². The molecule has 1 rings (SSSR count). The maximum atomic E-state index is 12.0. The molecule has 1 atom stereocenters. The van der Waals surface area contributed by atoms with Crippen molar-refractivity contribution in [2.24, 2.45) is 5.73 Å². The molecule has 0 radical (unpaired) electrons. The summed E-state index contributed by atoms with van der Waals surface area (Å²) in [7, 11) is -2.60. The molecule has 0 aliphatic rings. The zero-order valence-electron chi connectivity index (χ0n) is 9.81. The number of nitrogens with one attached hydrogen (secondary N) is 1. The lowest BCUT2D eigenvalue weighted by atomic mass is 10.3. The van der Waals surface area contributed by atoms with Crippen LogP contribution in [-0.4, -0.2) is 27.5 Å². The number of sulfonamides is 1. The first-order chi connectivity index (χ1) is 8.27. The van der Waals surface area contributed by atoms with Gasteiger partial charge in [-0.2, -0.15) is 4.72 Å². The van der Waals surface area contributed by atoms with Crippen molar-refractivity contribution >= 4 is 27.5 Å². The summed E-state index contributed by atoms with van der Waals surface area (Å²) in [5.41, 5.74) is 5.00. The second-order valence-corrected chi connectivity index (χ2v) is 5.66. The topological polar surface area (TPSA) is 98.5 Å².